The number of nitrogens with one attached hydrogen (secondary N) is 1. The van der Waals surface area contributed by atoms with Crippen LogP contribution >= 0.6 is 27.5 Å². The molecule has 0 radical (unpaired) electrons. The second-order valence-electron chi connectivity index (χ2n) is 9.27. The number of ether oxygens (including phenoxy) is 1. The number of hydrogen-bond donors (Lipinski definition) is 1. The maximum absolute atomic E-state index is 13.8. The molecule has 0 aromatic heterocycles. The number of hydrogen-bond acceptors (Lipinski definition) is 3. The quantitative estimate of drug-likeness (QED) is 0.510. The molecular formula is C26H30BrClN2O3. The van der Waals surface area contributed by atoms with E-state index in [2.05, 4.69) is 21.2 Å². The molecule has 2 aromatic rings. The standard InChI is InChI=1S/C26H30BrClN2O3/c1-16(2)24-26(32)30(15-17-8-6-7-11-21(17)28)23(20-14-18(27)12-13-22(20)33-24)25(31)29-19-9-4-3-5-10-19/h6-8,11-14,16,19,23-24H,3-5,9-10,15H2,1-2H3,(H,29,31). The van der Waals surface area contributed by atoms with E-state index >= 15 is 0 Å². The number of halogens is 2. The van der Waals surface area contributed by atoms with E-state index in [0.717, 1.165) is 35.7 Å². The Morgan fingerprint density at radius 3 is 2.61 bits per heavy atom. The summed E-state index contributed by atoms with van der Waals surface area (Å²) in [7, 11) is 0. The normalized spacial score (nSPS) is 21.4. The molecule has 2 unspecified atom stereocenters. The highest BCUT2D eigenvalue weighted by atomic mass is 79.9. The molecule has 2 aliphatic rings. The summed E-state index contributed by atoms with van der Waals surface area (Å²) in [5, 5.41) is 3.80. The molecule has 0 bridgehead atoms. The molecule has 4 rings (SSSR count). The van der Waals surface area contributed by atoms with Gasteiger partial charge in [-0.1, -0.05) is 78.8 Å². The molecule has 2 atom stereocenters. The molecule has 1 N–H and O–H groups in total. The van der Waals surface area contributed by atoms with E-state index in [1.165, 1.54) is 6.42 Å². The zero-order chi connectivity index (χ0) is 23.5. The maximum Gasteiger partial charge on any atom is 0.265 e. The zero-order valence-electron chi connectivity index (χ0n) is 19.0. The van der Waals surface area contributed by atoms with Crippen molar-refractivity contribution < 1.29 is 14.3 Å². The first kappa shape index (κ1) is 24.1. The third kappa shape index (κ3) is 5.38. The van der Waals surface area contributed by atoms with E-state index < -0.39 is 12.1 Å². The van der Waals surface area contributed by atoms with Gasteiger partial charge < -0.3 is 15.0 Å². The van der Waals surface area contributed by atoms with Crippen LogP contribution in [0.4, 0.5) is 0 Å². The van der Waals surface area contributed by atoms with E-state index in [4.69, 9.17) is 16.3 Å². The molecule has 0 saturated heterocycles. The van der Waals surface area contributed by atoms with Gasteiger partial charge in [-0.3, -0.25) is 9.59 Å². The predicted molar refractivity (Wildman–Crippen MR) is 133 cm³/mol. The topological polar surface area (TPSA) is 58.6 Å². The van der Waals surface area contributed by atoms with E-state index in [1.807, 2.05) is 50.2 Å². The summed E-state index contributed by atoms with van der Waals surface area (Å²) in [4.78, 5) is 29.3. The largest absolute Gasteiger partial charge is 0.480 e. The van der Waals surface area contributed by atoms with Crippen molar-refractivity contribution in [2.24, 2.45) is 5.92 Å². The summed E-state index contributed by atoms with van der Waals surface area (Å²) < 4.78 is 7.06. The Kier molecular flexibility index (Phi) is 7.65. The van der Waals surface area contributed by atoms with Gasteiger partial charge >= 0.3 is 0 Å². The highest BCUT2D eigenvalue weighted by molar-refractivity contribution is 9.10. The number of rotatable bonds is 5. The van der Waals surface area contributed by atoms with Crippen LogP contribution in [0, 0.1) is 5.92 Å². The molecule has 2 aromatic carbocycles. The highest BCUT2D eigenvalue weighted by Gasteiger charge is 2.42. The molecular weight excluding hydrogens is 504 g/mol. The van der Waals surface area contributed by atoms with Gasteiger partial charge in [-0.05, 0) is 48.6 Å². The third-order valence-corrected chi connectivity index (χ3v) is 7.32. The van der Waals surface area contributed by atoms with E-state index in [-0.39, 0.29) is 30.3 Å². The first-order chi connectivity index (χ1) is 15.8. The Morgan fingerprint density at radius 1 is 1.18 bits per heavy atom. The van der Waals surface area contributed by atoms with Crippen molar-refractivity contribution >= 4 is 39.3 Å². The molecule has 1 aliphatic carbocycles. The van der Waals surface area contributed by atoms with Crippen molar-refractivity contribution in [1.82, 2.24) is 10.2 Å². The van der Waals surface area contributed by atoms with Gasteiger partial charge in [-0.25, -0.2) is 0 Å². The number of carbonyl (C=O) groups excluding carboxylic acids is 2. The van der Waals surface area contributed by atoms with Crippen LogP contribution in [0.2, 0.25) is 5.02 Å². The van der Waals surface area contributed by atoms with Crippen LogP contribution in [0.3, 0.4) is 0 Å². The van der Waals surface area contributed by atoms with Crippen molar-refractivity contribution in [3.8, 4) is 5.75 Å². The van der Waals surface area contributed by atoms with Gasteiger partial charge in [0.25, 0.3) is 5.91 Å². The van der Waals surface area contributed by atoms with Gasteiger partial charge in [0.15, 0.2) is 6.10 Å². The second kappa shape index (κ2) is 10.5. The van der Waals surface area contributed by atoms with Crippen LogP contribution in [0.25, 0.3) is 0 Å². The zero-order valence-corrected chi connectivity index (χ0v) is 21.4. The summed E-state index contributed by atoms with van der Waals surface area (Å²) in [6.07, 6.45) is 4.66. The van der Waals surface area contributed by atoms with Crippen molar-refractivity contribution in [1.29, 1.82) is 0 Å². The monoisotopic (exact) mass is 532 g/mol. The molecule has 33 heavy (non-hydrogen) atoms. The van der Waals surface area contributed by atoms with Crippen molar-refractivity contribution in [3.63, 3.8) is 0 Å². The van der Waals surface area contributed by atoms with Gasteiger partial charge in [0.05, 0.1) is 0 Å². The molecule has 2 amide bonds. The summed E-state index contributed by atoms with van der Waals surface area (Å²) >= 11 is 10.00. The molecule has 5 nitrogen and oxygen atoms in total. The number of fused-ring (bicyclic) bond motifs is 1. The average Bonchev–Trinajstić information content (AvgIpc) is 2.90. The lowest BCUT2D eigenvalue weighted by Crippen LogP contribution is -2.49. The lowest BCUT2D eigenvalue weighted by atomic mass is 9.94. The van der Waals surface area contributed by atoms with Gasteiger partial charge in [0, 0.05) is 27.6 Å². The Morgan fingerprint density at radius 2 is 1.91 bits per heavy atom. The smallest absolute Gasteiger partial charge is 0.265 e. The van der Waals surface area contributed by atoms with Crippen molar-refractivity contribution in [2.75, 3.05) is 0 Å². The lowest BCUT2D eigenvalue weighted by Gasteiger charge is -2.33. The third-order valence-electron chi connectivity index (χ3n) is 6.46. The van der Waals surface area contributed by atoms with Crippen LogP contribution in [0.15, 0.2) is 46.9 Å². The van der Waals surface area contributed by atoms with E-state index in [1.54, 1.807) is 11.0 Å². The van der Waals surface area contributed by atoms with E-state index in [0.29, 0.717) is 16.3 Å². The first-order valence-electron chi connectivity index (χ1n) is 11.7. The fraction of sp³-hybridized carbons (Fsp3) is 0.462. The molecule has 1 fully saturated rings. The van der Waals surface area contributed by atoms with Gasteiger partial charge in [-0.2, -0.15) is 0 Å². The van der Waals surface area contributed by atoms with Crippen molar-refractivity contribution in [3.05, 3.63) is 63.1 Å². The predicted octanol–water partition coefficient (Wildman–Crippen LogP) is 6.04. The number of amides is 2. The SMILES string of the molecule is CC(C)C1Oc2ccc(Br)cc2C(C(=O)NC2CCCCC2)N(Cc2ccccc2Cl)C1=O. The number of benzene rings is 2. The number of carbonyl (C=O) groups is 2. The Labute approximate surface area is 209 Å². The summed E-state index contributed by atoms with van der Waals surface area (Å²) in [5.74, 6) is 0.120. The first-order valence-corrected chi connectivity index (χ1v) is 12.8. The van der Waals surface area contributed by atoms with Gasteiger partial charge in [-0.15, -0.1) is 0 Å². The lowest BCUT2D eigenvalue weighted by molar-refractivity contribution is -0.147. The Balaban J connectivity index is 1.79. The molecule has 7 heteroatoms. The Hall–Kier alpha value is -2.05. The van der Waals surface area contributed by atoms with Crippen LogP contribution in [-0.4, -0.2) is 28.9 Å². The van der Waals surface area contributed by atoms with Crippen LogP contribution in [0.1, 0.15) is 63.1 Å². The van der Waals surface area contributed by atoms with Crippen molar-refractivity contribution in [2.45, 2.75) is 70.7 Å². The summed E-state index contributed by atoms with van der Waals surface area (Å²) in [5.41, 5.74) is 1.48. The van der Waals surface area contributed by atoms with Gasteiger partial charge in [0.1, 0.15) is 11.8 Å². The molecule has 176 valence electrons. The fourth-order valence-corrected chi connectivity index (χ4v) is 5.27. The van der Waals surface area contributed by atoms with Crippen LogP contribution in [-0.2, 0) is 16.1 Å². The maximum atomic E-state index is 13.8. The minimum atomic E-state index is -0.813. The summed E-state index contributed by atoms with van der Waals surface area (Å²) in [6, 6.07) is 12.4. The minimum absolute atomic E-state index is 0.0668. The van der Waals surface area contributed by atoms with Crippen LogP contribution < -0.4 is 10.1 Å². The molecule has 0 spiro atoms. The Bertz CT molecular complexity index is 1020. The van der Waals surface area contributed by atoms with Gasteiger partial charge in [0.2, 0.25) is 5.91 Å². The minimum Gasteiger partial charge on any atom is -0.480 e. The van der Waals surface area contributed by atoms with Crippen LogP contribution in [0.5, 0.6) is 5.75 Å². The highest BCUT2D eigenvalue weighted by Crippen LogP contribution is 2.39. The second-order valence-corrected chi connectivity index (χ2v) is 10.6. The van der Waals surface area contributed by atoms with E-state index in [9.17, 15) is 9.59 Å². The number of nitrogens with zero attached hydrogens (tertiary/aromatic N) is 1. The molecule has 1 saturated carbocycles. The fourth-order valence-electron chi connectivity index (χ4n) is 4.70. The molecule has 1 heterocycles. The molecule has 1 aliphatic heterocycles. The average molecular weight is 534 g/mol. The summed E-state index contributed by atoms with van der Waals surface area (Å²) in [6.45, 7) is 4.13.